The number of carbonyl (C=O) groups excluding carboxylic acids is 1. The quantitative estimate of drug-likeness (QED) is 0.694. The number of nitrogens with one attached hydrogen (secondary N) is 2. The van der Waals surface area contributed by atoms with Crippen molar-refractivity contribution in [2.45, 2.75) is 25.6 Å². The first-order valence-corrected chi connectivity index (χ1v) is 9.95. The summed E-state index contributed by atoms with van der Waals surface area (Å²) in [6, 6.07) is 12.0. The van der Waals surface area contributed by atoms with Crippen LogP contribution in [0.25, 0.3) is 20.7 Å². The van der Waals surface area contributed by atoms with Crippen molar-refractivity contribution in [3.63, 3.8) is 0 Å². The molecule has 0 aliphatic rings. The molecular weight excluding hydrogens is 354 g/mol. The number of thiophene rings is 1. The number of hydrogen-bond acceptors (Lipinski definition) is 5. The van der Waals surface area contributed by atoms with Gasteiger partial charge >= 0.3 is 0 Å². The molecule has 0 radical (unpaired) electrons. The third-order valence-electron chi connectivity index (χ3n) is 3.43. The molecule has 2 N–H and O–H groups in total. The van der Waals surface area contributed by atoms with Crippen molar-refractivity contribution in [3.8, 4) is 10.4 Å². The molecule has 2 aromatic heterocycles. The van der Waals surface area contributed by atoms with E-state index in [9.17, 15) is 9.59 Å². The van der Waals surface area contributed by atoms with E-state index in [2.05, 4.69) is 15.3 Å². The maximum absolute atomic E-state index is 12.3. The molecule has 130 valence electrons. The van der Waals surface area contributed by atoms with Crippen LogP contribution in [0.3, 0.4) is 0 Å². The summed E-state index contributed by atoms with van der Waals surface area (Å²) in [6.45, 7) is 3.85. The standard InChI is InChI=1S/C18H19N3O2S2/c1-11(2)19-16(22)10-24-9-15-20-17(23)13-8-14(25-18(13)21-15)12-6-4-3-5-7-12/h3-8,11H,9-10H2,1-2H3,(H,19,22)(H,20,21,23). The molecule has 0 saturated heterocycles. The van der Waals surface area contributed by atoms with Gasteiger partial charge in [0.15, 0.2) is 0 Å². The molecule has 0 unspecified atom stereocenters. The van der Waals surface area contributed by atoms with Crippen LogP contribution >= 0.6 is 23.1 Å². The molecule has 0 atom stereocenters. The van der Waals surface area contributed by atoms with Gasteiger partial charge in [-0.3, -0.25) is 9.59 Å². The monoisotopic (exact) mass is 373 g/mol. The third kappa shape index (κ3) is 4.49. The first-order valence-electron chi connectivity index (χ1n) is 7.98. The Morgan fingerprint density at radius 1 is 1.32 bits per heavy atom. The highest BCUT2D eigenvalue weighted by Gasteiger charge is 2.11. The molecule has 3 aromatic rings. The van der Waals surface area contributed by atoms with Crippen LogP contribution in [-0.2, 0) is 10.5 Å². The number of benzene rings is 1. The number of amides is 1. The first kappa shape index (κ1) is 17.7. The second kappa shape index (κ2) is 7.84. The van der Waals surface area contributed by atoms with E-state index in [-0.39, 0.29) is 17.5 Å². The number of nitrogens with zero attached hydrogens (tertiary/aromatic N) is 1. The lowest BCUT2D eigenvalue weighted by molar-refractivity contribution is -0.119. The first-order chi connectivity index (χ1) is 12.0. The molecule has 0 saturated carbocycles. The lowest BCUT2D eigenvalue weighted by atomic mass is 10.2. The summed E-state index contributed by atoms with van der Waals surface area (Å²) in [5.74, 6) is 1.43. The van der Waals surface area contributed by atoms with E-state index in [4.69, 9.17) is 0 Å². The number of carbonyl (C=O) groups is 1. The topological polar surface area (TPSA) is 74.8 Å². The van der Waals surface area contributed by atoms with Crippen molar-refractivity contribution in [1.82, 2.24) is 15.3 Å². The zero-order valence-corrected chi connectivity index (χ0v) is 15.7. The minimum atomic E-state index is -0.134. The van der Waals surface area contributed by atoms with Gasteiger partial charge in [0, 0.05) is 10.9 Å². The van der Waals surface area contributed by atoms with Gasteiger partial charge in [-0.05, 0) is 25.5 Å². The number of rotatable bonds is 6. The van der Waals surface area contributed by atoms with E-state index in [1.165, 1.54) is 23.1 Å². The Morgan fingerprint density at radius 2 is 2.08 bits per heavy atom. The molecule has 0 spiro atoms. The highest BCUT2D eigenvalue weighted by Crippen LogP contribution is 2.30. The number of thioether (sulfide) groups is 1. The van der Waals surface area contributed by atoms with E-state index in [1.54, 1.807) is 0 Å². The highest BCUT2D eigenvalue weighted by atomic mass is 32.2. The van der Waals surface area contributed by atoms with Crippen molar-refractivity contribution in [1.29, 1.82) is 0 Å². The second-order valence-corrected chi connectivity index (χ2v) is 7.94. The van der Waals surface area contributed by atoms with Gasteiger partial charge in [0.2, 0.25) is 5.91 Å². The average Bonchev–Trinajstić information content (AvgIpc) is 3.00. The summed E-state index contributed by atoms with van der Waals surface area (Å²) < 4.78 is 0. The SMILES string of the molecule is CC(C)NC(=O)CSCc1nc2sc(-c3ccccc3)cc2c(=O)[nH]1. The summed E-state index contributed by atoms with van der Waals surface area (Å²) in [4.78, 5) is 33.1. The number of aromatic nitrogens is 2. The highest BCUT2D eigenvalue weighted by molar-refractivity contribution is 7.99. The predicted octanol–water partition coefficient (Wildman–Crippen LogP) is 3.41. The van der Waals surface area contributed by atoms with Gasteiger partial charge in [-0.25, -0.2) is 4.98 Å². The largest absolute Gasteiger partial charge is 0.353 e. The number of hydrogen-bond donors (Lipinski definition) is 2. The third-order valence-corrected chi connectivity index (χ3v) is 5.45. The molecule has 2 heterocycles. The van der Waals surface area contributed by atoms with E-state index in [1.807, 2.05) is 50.2 Å². The summed E-state index contributed by atoms with van der Waals surface area (Å²) in [6.07, 6.45) is 0. The lowest BCUT2D eigenvalue weighted by Gasteiger charge is -2.07. The molecule has 0 aliphatic heterocycles. The normalized spacial score (nSPS) is 11.2. The Kier molecular flexibility index (Phi) is 5.55. The molecular formula is C18H19N3O2S2. The Labute approximate surface area is 153 Å². The average molecular weight is 374 g/mol. The van der Waals surface area contributed by atoms with Crippen LogP contribution in [0, 0.1) is 0 Å². The van der Waals surface area contributed by atoms with Gasteiger partial charge in [0.05, 0.1) is 16.9 Å². The summed E-state index contributed by atoms with van der Waals surface area (Å²) in [5.41, 5.74) is 0.942. The molecule has 0 aliphatic carbocycles. The van der Waals surface area contributed by atoms with Gasteiger partial charge < -0.3 is 10.3 Å². The minimum absolute atomic E-state index is 0.00841. The van der Waals surface area contributed by atoms with Crippen molar-refractivity contribution in [2.24, 2.45) is 0 Å². The fourth-order valence-corrected chi connectivity index (χ4v) is 4.15. The maximum Gasteiger partial charge on any atom is 0.259 e. The van der Waals surface area contributed by atoms with Crippen molar-refractivity contribution in [2.75, 3.05) is 5.75 Å². The Balaban J connectivity index is 1.75. The zero-order valence-electron chi connectivity index (χ0n) is 14.0. The van der Waals surface area contributed by atoms with E-state index in [0.717, 1.165) is 15.3 Å². The van der Waals surface area contributed by atoms with Crippen molar-refractivity contribution < 1.29 is 4.79 Å². The van der Waals surface area contributed by atoms with E-state index in [0.29, 0.717) is 22.7 Å². The summed E-state index contributed by atoms with van der Waals surface area (Å²) >= 11 is 2.94. The second-order valence-electron chi connectivity index (χ2n) is 5.92. The van der Waals surface area contributed by atoms with Crippen molar-refractivity contribution in [3.05, 3.63) is 52.6 Å². The maximum atomic E-state index is 12.3. The van der Waals surface area contributed by atoms with Crippen LogP contribution in [0.5, 0.6) is 0 Å². The molecule has 0 fully saturated rings. The van der Waals surface area contributed by atoms with Gasteiger partial charge in [0.25, 0.3) is 5.56 Å². The van der Waals surface area contributed by atoms with Crippen LogP contribution in [0.4, 0.5) is 0 Å². The lowest BCUT2D eigenvalue weighted by Crippen LogP contribution is -2.31. The number of aromatic amines is 1. The molecule has 1 amide bonds. The molecule has 25 heavy (non-hydrogen) atoms. The van der Waals surface area contributed by atoms with Gasteiger partial charge in [-0.15, -0.1) is 23.1 Å². The molecule has 3 rings (SSSR count). The molecule has 1 aromatic carbocycles. The van der Waals surface area contributed by atoms with Crippen LogP contribution in [0.15, 0.2) is 41.2 Å². The fourth-order valence-electron chi connectivity index (χ4n) is 2.39. The van der Waals surface area contributed by atoms with Gasteiger partial charge in [-0.1, -0.05) is 30.3 Å². The van der Waals surface area contributed by atoms with Gasteiger partial charge in [0.1, 0.15) is 10.7 Å². The number of fused-ring (bicyclic) bond motifs is 1. The van der Waals surface area contributed by atoms with E-state index >= 15 is 0 Å². The predicted molar refractivity (Wildman–Crippen MR) is 105 cm³/mol. The van der Waals surface area contributed by atoms with Crippen LogP contribution < -0.4 is 10.9 Å². The molecule has 0 bridgehead atoms. The van der Waals surface area contributed by atoms with Crippen LogP contribution in [0.1, 0.15) is 19.7 Å². The smallest absolute Gasteiger partial charge is 0.259 e. The summed E-state index contributed by atoms with van der Waals surface area (Å²) in [7, 11) is 0. The summed E-state index contributed by atoms with van der Waals surface area (Å²) in [5, 5.41) is 3.45. The Bertz CT molecular complexity index is 932. The number of H-pyrrole nitrogens is 1. The van der Waals surface area contributed by atoms with Crippen molar-refractivity contribution >= 4 is 39.2 Å². The Hall–Kier alpha value is -2.12. The molecule has 7 heteroatoms. The van der Waals surface area contributed by atoms with Crippen LogP contribution in [-0.4, -0.2) is 27.7 Å². The van der Waals surface area contributed by atoms with E-state index < -0.39 is 0 Å². The minimum Gasteiger partial charge on any atom is -0.353 e. The molecule has 5 nitrogen and oxygen atoms in total. The van der Waals surface area contributed by atoms with Crippen LogP contribution in [0.2, 0.25) is 0 Å². The Morgan fingerprint density at radius 3 is 2.80 bits per heavy atom. The zero-order chi connectivity index (χ0) is 17.8. The van der Waals surface area contributed by atoms with Gasteiger partial charge in [-0.2, -0.15) is 0 Å². The fraction of sp³-hybridized carbons (Fsp3) is 0.278.